The van der Waals surface area contributed by atoms with Gasteiger partial charge in [-0.2, -0.15) is 8.42 Å². The van der Waals surface area contributed by atoms with Crippen LogP contribution in [-0.2, 0) is 38.7 Å². The molecule has 1 fully saturated rings. The second-order valence-corrected chi connectivity index (χ2v) is 13.8. The number of hydrogen-bond donors (Lipinski definition) is 4. The Morgan fingerprint density at radius 2 is 1.23 bits per heavy atom. The Kier molecular flexibility index (Phi) is 26.4. The number of allylic oxidation sites excluding steroid dienone is 14. The van der Waals surface area contributed by atoms with Crippen molar-refractivity contribution in [2.24, 2.45) is 0 Å². The van der Waals surface area contributed by atoms with E-state index in [1.807, 2.05) is 66.8 Å². The van der Waals surface area contributed by atoms with Crippen molar-refractivity contribution < 1.29 is 56.8 Å². The zero-order valence-electron chi connectivity index (χ0n) is 30.6. The molecule has 0 bridgehead atoms. The number of ether oxygens (including phenoxy) is 4. The summed E-state index contributed by atoms with van der Waals surface area (Å²) >= 11 is 0. The van der Waals surface area contributed by atoms with Gasteiger partial charge in [0.2, 0.25) is 0 Å². The highest BCUT2D eigenvalue weighted by atomic mass is 32.2. The van der Waals surface area contributed by atoms with Gasteiger partial charge in [-0.05, 0) is 44.9 Å². The van der Waals surface area contributed by atoms with E-state index in [9.17, 15) is 37.9 Å². The first-order valence-corrected chi connectivity index (χ1v) is 19.8. The van der Waals surface area contributed by atoms with Gasteiger partial charge < -0.3 is 34.3 Å². The van der Waals surface area contributed by atoms with Crippen LogP contribution in [0.15, 0.2) is 85.1 Å². The van der Waals surface area contributed by atoms with E-state index in [1.165, 1.54) is 12.8 Å². The molecular formula is C39H60O12S. The predicted octanol–water partition coefficient (Wildman–Crippen LogP) is 5.77. The van der Waals surface area contributed by atoms with Gasteiger partial charge in [-0.1, -0.05) is 118 Å². The maximum absolute atomic E-state index is 12.7. The maximum Gasteiger partial charge on any atom is 0.306 e. The van der Waals surface area contributed by atoms with Gasteiger partial charge in [0.15, 0.2) is 12.4 Å². The van der Waals surface area contributed by atoms with Crippen molar-refractivity contribution >= 4 is 22.1 Å². The van der Waals surface area contributed by atoms with Gasteiger partial charge in [-0.3, -0.25) is 14.1 Å². The fourth-order valence-corrected chi connectivity index (χ4v) is 5.43. The van der Waals surface area contributed by atoms with Gasteiger partial charge in [0, 0.05) is 12.8 Å². The predicted molar refractivity (Wildman–Crippen MR) is 201 cm³/mol. The highest BCUT2D eigenvalue weighted by Crippen LogP contribution is 2.23. The SMILES string of the molecule is CC/C=C/C=C/C=C/C=C/C=C/CCCC(=O)OC(COC(=O)CCCCC/C=C/C=C/CCCC)CO[C@H]1O[C@H](CS(=O)(=O)O)[C@@H](O)C(O)C1O. The van der Waals surface area contributed by atoms with Gasteiger partial charge >= 0.3 is 11.9 Å². The molecule has 0 aromatic heterocycles. The number of rotatable bonds is 27. The van der Waals surface area contributed by atoms with Crippen LogP contribution in [0.4, 0.5) is 0 Å². The lowest BCUT2D eigenvalue weighted by molar-refractivity contribution is -0.297. The Hall–Kier alpha value is -3.17. The van der Waals surface area contributed by atoms with E-state index in [1.54, 1.807) is 0 Å². The minimum atomic E-state index is -4.61. The average molecular weight is 753 g/mol. The Morgan fingerprint density at radius 3 is 1.85 bits per heavy atom. The molecule has 1 heterocycles. The van der Waals surface area contributed by atoms with Crippen molar-refractivity contribution in [3.63, 3.8) is 0 Å². The number of aliphatic hydroxyl groups excluding tert-OH is 3. The Balaban J connectivity index is 2.65. The smallest absolute Gasteiger partial charge is 0.306 e. The number of aliphatic hydroxyl groups is 3. The fourth-order valence-electron chi connectivity index (χ4n) is 4.74. The van der Waals surface area contributed by atoms with E-state index in [4.69, 9.17) is 18.9 Å². The minimum absolute atomic E-state index is 0.0569. The first-order valence-electron chi connectivity index (χ1n) is 18.2. The first kappa shape index (κ1) is 46.9. The summed E-state index contributed by atoms with van der Waals surface area (Å²) in [6.07, 6.45) is 26.7. The van der Waals surface area contributed by atoms with Crippen LogP contribution in [0.1, 0.15) is 90.9 Å². The van der Waals surface area contributed by atoms with E-state index < -0.39 is 71.2 Å². The van der Waals surface area contributed by atoms with Crippen molar-refractivity contribution in [1.82, 2.24) is 0 Å². The molecule has 1 aliphatic rings. The van der Waals surface area contributed by atoms with Crippen LogP contribution < -0.4 is 0 Å². The molecule has 4 N–H and O–H groups in total. The third-order valence-corrected chi connectivity index (χ3v) is 8.36. The lowest BCUT2D eigenvalue weighted by atomic mass is 10.00. The lowest BCUT2D eigenvalue weighted by Crippen LogP contribution is -2.60. The van der Waals surface area contributed by atoms with Gasteiger partial charge in [0.1, 0.15) is 36.8 Å². The summed E-state index contributed by atoms with van der Waals surface area (Å²) in [6, 6.07) is 0. The molecule has 13 heteroatoms. The molecule has 0 aromatic rings. The molecule has 0 saturated carbocycles. The number of carbonyl (C=O) groups is 2. The van der Waals surface area contributed by atoms with Crippen molar-refractivity contribution in [3.05, 3.63) is 85.1 Å². The van der Waals surface area contributed by atoms with Crippen LogP contribution in [0.25, 0.3) is 0 Å². The number of esters is 2. The fraction of sp³-hybridized carbons (Fsp3) is 0.590. The van der Waals surface area contributed by atoms with E-state index in [0.29, 0.717) is 19.3 Å². The summed E-state index contributed by atoms with van der Waals surface area (Å²) in [7, 11) is -4.61. The second kappa shape index (κ2) is 29.3. The maximum atomic E-state index is 12.7. The van der Waals surface area contributed by atoms with Gasteiger partial charge in [0.05, 0.1) is 6.61 Å². The highest BCUT2D eigenvalue weighted by molar-refractivity contribution is 7.85. The molecule has 1 aliphatic heterocycles. The summed E-state index contributed by atoms with van der Waals surface area (Å²) in [6.45, 7) is 3.41. The molecule has 0 amide bonds. The van der Waals surface area contributed by atoms with Gasteiger partial charge in [0.25, 0.3) is 10.1 Å². The van der Waals surface area contributed by atoms with Crippen molar-refractivity contribution in [3.8, 4) is 0 Å². The molecule has 0 aliphatic carbocycles. The summed E-state index contributed by atoms with van der Waals surface area (Å²) in [5.41, 5.74) is 0. The normalized spacial score (nSPS) is 22.3. The molecule has 0 aromatic carbocycles. The molecule has 1 saturated heterocycles. The van der Waals surface area contributed by atoms with Crippen LogP contribution in [0.2, 0.25) is 0 Å². The summed E-state index contributed by atoms with van der Waals surface area (Å²) in [5.74, 6) is -2.14. The first-order chi connectivity index (χ1) is 25.0. The van der Waals surface area contributed by atoms with E-state index >= 15 is 0 Å². The Morgan fingerprint density at radius 1 is 0.673 bits per heavy atom. The van der Waals surface area contributed by atoms with Crippen molar-refractivity contribution in [2.45, 2.75) is 128 Å². The molecule has 12 nitrogen and oxygen atoms in total. The molecule has 3 unspecified atom stereocenters. The number of unbranched alkanes of at least 4 members (excludes halogenated alkanes) is 6. The van der Waals surface area contributed by atoms with Crippen LogP contribution in [0.5, 0.6) is 0 Å². The topological polar surface area (TPSA) is 186 Å². The molecule has 6 atom stereocenters. The Bertz CT molecular complexity index is 1300. The minimum Gasteiger partial charge on any atom is -0.462 e. The summed E-state index contributed by atoms with van der Waals surface area (Å²) < 4.78 is 53.6. The Labute approximate surface area is 310 Å². The quantitative estimate of drug-likeness (QED) is 0.0344. The molecule has 0 spiro atoms. The monoisotopic (exact) mass is 752 g/mol. The van der Waals surface area contributed by atoms with Crippen molar-refractivity contribution in [2.75, 3.05) is 19.0 Å². The number of carbonyl (C=O) groups excluding carboxylic acids is 2. The standard InChI is InChI=1S/C39H60O12S/c1-3-5-7-9-11-13-15-16-18-20-22-24-26-28-35(41)50-32(29-48-34(40)27-25-23-21-19-17-14-12-10-8-6-4-2)30-49-39-38(44)37(43)36(42)33(51-39)31-52(45,46)47/h5,7,9-18,20,22,32-33,36-39,42-44H,3-4,6,8,19,21,23-31H2,1-2H3,(H,45,46,47)/b7-5+,11-9+,12-10+,15-13+,17-14+,18-16+,22-20+/t32?,33-,36-,37?,38?,39+/m1/s1. The highest BCUT2D eigenvalue weighted by Gasteiger charge is 2.46. The third kappa shape index (κ3) is 24.1. The average Bonchev–Trinajstić information content (AvgIpc) is 3.10. The van der Waals surface area contributed by atoms with Crippen LogP contribution >= 0.6 is 0 Å². The van der Waals surface area contributed by atoms with E-state index in [2.05, 4.69) is 32.1 Å². The zero-order chi connectivity index (χ0) is 38.5. The van der Waals surface area contributed by atoms with E-state index in [-0.39, 0.29) is 19.4 Å². The van der Waals surface area contributed by atoms with Crippen LogP contribution in [0.3, 0.4) is 0 Å². The van der Waals surface area contributed by atoms with Gasteiger partial charge in [-0.25, -0.2) is 0 Å². The molecule has 1 rings (SSSR count). The van der Waals surface area contributed by atoms with Crippen LogP contribution in [-0.4, -0.2) is 96.0 Å². The van der Waals surface area contributed by atoms with Crippen LogP contribution in [0, 0.1) is 0 Å². The zero-order valence-corrected chi connectivity index (χ0v) is 31.4. The molecule has 52 heavy (non-hydrogen) atoms. The summed E-state index contributed by atoms with van der Waals surface area (Å²) in [4.78, 5) is 25.1. The lowest BCUT2D eigenvalue weighted by Gasteiger charge is -2.40. The molecule has 0 radical (unpaired) electrons. The largest absolute Gasteiger partial charge is 0.462 e. The van der Waals surface area contributed by atoms with Crippen molar-refractivity contribution in [1.29, 1.82) is 0 Å². The third-order valence-electron chi connectivity index (χ3n) is 7.61. The van der Waals surface area contributed by atoms with E-state index in [0.717, 1.165) is 32.1 Å². The molecule has 294 valence electrons. The number of hydrogen-bond acceptors (Lipinski definition) is 11. The van der Waals surface area contributed by atoms with Gasteiger partial charge in [-0.15, -0.1) is 0 Å². The summed E-state index contributed by atoms with van der Waals surface area (Å²) in [5, 5.41) is 30.7. The molecular weight excluding hydrogens is 692 g/mol. The second-order valence-electron chi connectivity index (χ2n) is 12.3.